The molecular formula is C16H16N2O2. The first-order valence-electron chi connectivity index (χ1n) is 6.76. The van der Waals surface area contributed by atoms with Gasteiger partial charge in [0.15, 0.2) is 5.43 Å². The molecule has 1 N–H and O–H groups in total. The maximum atomic E-state index is 12.6. The average Bonchev–Trinajstić information content (AvgIpc) is 2.46. The van der Waals surface area contributed by atoms with Gasteiger partial charge in [-0.15, -0.1) is 0 Å². The predicted molar refractivity (Wildman–Crippen MR) is 78.2 cm³/mol. The maximum absolute atomic E-state index is 12.6. The number of nitrogens with zero attached hydrogens (tertiary/aromatic N) is 1. The van der Waals surface area contributed by atoms with Crippen molar-refractivity contribution >= 4 is 11.6 Å². The quantitative estimate of drug-likeness (QED) is 0.862. The third-order valence-electron chi connectivity index (χ3n) is 3.64. The Bertz CT molecular complexity index is 718. The molecule has 0 fully saturated rings. The molecule has 20 heavy (non-hydrogen) atoms. The Morgan fingerprint density at radius 3 is 2.90 bits per heavy atom. The number of aromatic amines is 1. The van der Waals surface area contributed by atoms with Crippen molar-refractivity contribution in [2.24, 2.45) is 0 Å². The number of anilines is 1. The maximum Gasteiger partial charge on any atom is 0.263 e. The van der Waals surface area contributed by atoms with Crippen molar-refractivity contribution in [3.63, 3.8) is 0 Å². The van der Waals surface area contributed by atoms with Gasteiger partial charge in [-0.05, 0) is 31.4 Å². The fourth-order valence-electron chi connectivity index (χ4n) is 2.63. The van der Waals surface area contributed by atoms with Gasteiger partial charge in [0.2, 0.25) is 0 Å². The summed E-state index contributed by atoms with van der Waals surface area (Å²) < 4.78 is 0. The number of aromatic nitrogens is 1. The number of H-pyrrole nitrogens is 1. The summed E-state index contributed by atoms with van der Waals surface area (Å²) in [6, 6.07) is 9.33. The van der Waals surface area contributed by atoms with Crippen molar-refractivity contribution in [3.05, 3.63) is 63.6 Å². The lowest BCUT2D eigenvalue weighted by atomic mass is 10.0. The molecule has 0 saturated heterocycles. The van der Waals surface area contributed by atoms with Crippen LogP contribution < -0.4 is 10.3 Å². The average molecular weight is 268 g/mol. The topological polar surface area (TPSA) is 53.2 Å². The van der Waals surface area contributed by atoms with Crippen LogP contribution in [-0.4, -0.2) is 17.4 Å². The van der Waals surface area contributed by atoms with Gasteiger partial charge in [0.1, 0.15) is 5.56 Å². The molecule has 0 atom stereocenters. The molecule has 0 unspecified atom stereocenters. The van der Waals surface area contributed by atoms with E-state index >= 15 is 0 Å². The Hall–Kier alpha value is -2.36. The largest absolute Gasteiger partial charge is 0.364 e. The number of amides is 1. The zero-order valence-electron chi connectivity index (χ0n) is 11.3. The number of fused-ring (bicyclic) bond motifs is 1. The minimum Gasteiger partial charge on any atom is -0.364 e. The molecule has 0 aliphatic carbocycles. The molecule has 1 aliphatic heterocycles. The van der Waals surface area contributed by atoms with Gasteiger partial charge in [0, 0.05) is 30.2 Å². The smallest absolute Gasteiger partial charge is 0.263 e. The van der Waals surface area contributed by atoms with Gasteiger partial charge in [-0.1, -0.05) is 18.2 Å². The second-order valence-electron chi connectivity index (χ2n) is 5.08. The van der Waals surface area contributed by atoms with Gasteiger partial charge >= 0.3 is 0 Å². The molecule has 1 amide bonds. The minimum atomic E-state index is -0.227. The lowest BCUT2D eigenvalue weighted by Gasteiger charge is -2.29. The number of aryl methyl sites for hydroxylation is 2. The molecule has 1 aromatic heterocycles. The molecule has 0 radical (unpaired) electrons. The third-order valence-corrected chi connectivity index (χ3v) is 3.64. The summed E-state index contributed by atoms with van der Waals surface area (Å²) in [5, 5.41) is 0. The van der Waals surface area contributed by atoms with Gasteiger partial charge in [0.25, 0.3) is 5.91 Å². The number of carbonyl (C=O) groups excluding carboxylic acids is 1. The highest BCUT2D eigenvalue weighted by molar-refractivity contribution is 6.06. The molecule has 4 nitrogen and oxygen atoms in total. The zero-order chi connectivity index (χ0) is 14.1. The van der Waals surface area contributed by atoms with E-state index in [-0.39, 0.29) is 16.9 Å². The highest BCUT2D eigenvalue weighted by Gasteiger charge is 2.24. The molecule has 0 spiro atoms. The van der Waals surface area contributed by atoms with E-state index in [4.69, 9.17) is 0 Å². The lowest BCUT2D eigenvalue weighted by molar-refractivity contribution is 0.0983. The molecule has 0 saturated carbocycles. The number of rotatable bonds is 1. The lowest BCUT2D eigenvalue weighted by Crippen LogP contribution is -2.37. The third kappa shape index (κ3) is 2.13. The second kappa shape index (κ2) is 4.96. The monoisotopic (exact) mass is 268 g/mol. The second-order valence-corrected chi connectivity index (χ2v) is 5.08. The Labute approximate surface area is 117 Å². The van der Waals surface area contributed by atoms with Crippen LogP contribution in [0.1, 0.15) is 28.0 Å². The number of hydrogen-bond acceptors (Lipinski definition) is 2. The van der Waals surface area contributed by atoms with Crippen LogP contribution in [0.5, 0.6) is 0 Å². The number of para-hydroxylation sites is 1. The molecular weight excluding hydrogens is 252 g/mol. The molecule has 102 valence electrons. The van der Waals surface area contributed by atoms with E-state index in [9.17, 15) is 9.59 Å². The van der Waals surface area contributed by atoms with E-state index in [1.54, 1.807) is 11.8 Å². The van der Waals surface area contributed by atoms with Crippen molar-refractivity contribution in [2.75, 3.05) is 11.4 Å². The Morgan fingerprint density at radius 1 is 1.30 bits per heavy atom. The SMILES string of the molecule is Cc1cc(=O)c(C(=O)N2CCCc3ccccc32)c[nH]1. The van der Waals surface area contributed by atoms with Gasteiger partial charge in [-0.25, -0.2) is 0 Å². The van der Waals surface area contributed by atoms with E-state index in [2.05, 4.69) is 4.98 Å². The standard InChI is InChI=1S/C16H16N2O2/c1-11-9-15(19)13(10-17-11)16(20)18-8-4-6-12-5-2-3-7-14(12)18/h2-3,5,7,9-10H,4,6,8H2,1H3,(H,17,19). The van der Waals surface area contributed by atoms with Crippen molar-refractivity contribution in [1.29, 1.82) is 0 Å². The number of pyridine rings is 1. The number of carbonyl (C=O) groups is 1. The Kier molecular flexibility index (Phi) is 3.14. The van der Waals surface area contributed by atoms with Crippen molar-refractivity contribution in [1.82, 2.24) is 4.98 Å². The first-order valence-corrected chi connectivity index (χ1v) is 6.76. The van der Waals surface area contributed by atoms with Crippen LogP contribution in [0.25, 0.3) is 0 Å². The molecule has 1 aliphatic rings. The molecule has 2 aromatic rings. The Balaban J connectivity index is 2.02. The minimum absolute atomic E-state index is 0.201. The van der Waals surface area contributed by atoms with Crippen molar-refractivity contribution < 1.29 is 4.79 Å². The zero-order valence-corrected chi connectivity index (χ0v) is 11.3. The number of hydrogen-bond donors (Lipinski definition) is 1. The molecule has 2 heterocycles. The van der Waals surface area contributed by atoms with E-state index in [0.29, 0.717) is 6.54 Å². The van der Waals surface area contributed by atoms with Crippen LogP contribution in [0.2, 0.25) is 0 Å². The summed E-state index contributed by atoms with van der Waals surface area (Å²) in [5.41, 5.74) is 2.81. The van der Waals surface area contributed by atoms with E-state index in [1.807, 2.05) is 24.3 Å². The molecule has 4 heteroatoms. The van der Waals surface area contributed by atoms with Crippen LogP contribution in [0, 0.1) is 6.92 Å². The van der Waals surface area contributed by atoms with Gasteiger partial charge in [-0.2, -0.15) is 0 Å². The van der Waals surface area contributed by atoms with Crippen LogP contribution in [0.3, 0.4) is 0 Å². The summed E-state index contributed by atoms with van der Waals surface area (Å²) >= 11 is 0. The van der Waals surface area contributed by atoms with Gasteiger partial charge < -0.3 is 9.88 Å². The highest BCUT2D eigenvalue weighted by atomic mass is 16.2. The number of benzene rings is 1. The van der Waals surface area contributed by atoms with Crippen LogP contribution >= 0.6 is 0 Å². The van der Waals surface area contributed by atoms with Crippen LogP contribution in [-0.2, 0) is 6.42 Å². The van der Waals surface area contributed by atoms with Gasteiger partial charge in [-0.3, -0.25) is 9.59 Å². The molecule has 0 bridgehead atoms. The summed E-state index contributed by atoms with van der Waals surface area (Å²) in [6.07, 6.45) is 3.41. The summed E-state index contributed by atoms with van der Waals surface area (Å²) in [5.74, 6) is -0.224. The van der Waals surface area contributed by atoms with Gasteiger partial charge in [0.05, 0.1) is 0 Å². The summed E-state index contributed by atoms with van der Waals surface area (Å²) in [7, 11) is 0. The van der Waals surface area contributed by atoms with Crippen LogP contribution in [0.4, 0.5) is 5.69 Å². The first kappa shape index (κ1) is 12.7. The summed E-state index contributed by atoms with van der Waals surface area (Å²) in [6.45, 7) is 2.45. The van der Waals surface area contributed by atoms with Crippen LogP contribution in [0.15, 0.2) is 41.3 Å². The molecule has 1 aromatic carbocycles. The first-order chi connectivity index (χ1) is 9.66. The van der Waals surface area contributed by atoms with Crippen molar-refractivity contribution in [2.45, 2.75) is 19.8 Å². The molecule has 3 rings (SSSR count). The Morgan fingerprint density at radius 2 is 2.10 bits per heavy atom. The fourth-order valence-corrected chi connectivity index (χ4v) is 2.63. The fraction of sp³-hybridized carbons (Fsp3) is 0.250. The predicted octanol–water partition coefficient (Wildman–Crippen LogP) is 2.28. The normalized spacial score (nSPS) is 13.9. The summed E-state index contributed by atoms with van der Waals surface area (Å²) in [4.78, 5) is 29.2. The van der Waals surface area contributed by atoms with Crippen molar-refractivity contribution in [3.8, 4) is 0 Å². The van der Waals surface area contributed by atoms with E-state index in [0.717, 1.165) is 29.8 Å². The number of nitrogens with one attached hydrogen (secondary N) is 1. The highest BCUT2D eigenvalue weighted by Crippen LogP contribution is 2.27. The van der Waals surface area contributed by atoms with E-state index < -0.39 is 0 Å². The van der Waals surface area contributed by atoms with E-state index in [1.165, 1.54) is 12.3 Å².